The second-order valence-electron chi connectivity index (χ2n) is 6.76. The second-order valence-corrected chi connectivity index (χ2v) is 6.76. The number of aromatic nitrogens is 2. The van der Waals surface area contributed by atoms with Gasteiger partial charge in [0.1, 0.15) is 0 Å². The molecule has 4 N–H and O–H groups in total. The lowest BCUT2D eigenvalue weighted by Crippen LogP contribution is -2.43. The van der Waals surface area contributed by atoms with Crippen LogP contribution in [0.3, 0.4) is 0 Å². The van der Waals surface area contributed by atoms with Crippen molar-refractivity contribution in [2.45, 2.75) is 13.0 Å². The van der Waals surface area contributed by atoms with E-state index in [9.17, 15) is 9.59 Å². The first kappa shape index (κ1) is 17.8. The molecule has 0 atom stereocenters. The van der Waals surface area contributed by atoms with Gasteiger partial charge < -0.3 is 16.0 Å². The predicted molar refractivity (Wildman–Crippen MR) is 106 cm³/mol. The third-order valence-corrected chi connectivity index (χ3v) is 4.97. The number of carbonyl (C=O) groups excluding carboxylic acids is 2. The molecule has 4 rings (SSSR count). The van der Waals surface area contributed by atoms with Gasteiger partial charge in [-0.2, -0.15) is 5.10 Å². The van der Waals surface area contributed by atoms with Crippen molar-refractivity contribution in [2.75, 3.05) is 13.1 Å². The molecular weight excluding hydrogens is 354 g/mol. The van der Waals surface area contributed by atoms with Gasteiger partial charge in [0, 0.05) is 36.3 Å². The van der Waals surface area contributed by atoms with Gasteiger partial charge in [0.2, 0.25) is 5.91 Å². The van der Waals surface area contributed by atoms with Crippen molar-refractivity contribution in [3.8, 4) is 22.4 Å². The zero-order valence-electron chi connectivity index (χ0n) is 15.3. The number of aromatic amines is 1. The Hall–Kier alpha value is -3.61. The summed E-state index contributed by atoms with van der Waals surface area (Å²) in [6, 6.07) is 17.8. The number of nitrogens with one attached hydrogen (secondary N) is 2. The van der Waals surface area contributed by atoms with Crippen LogP contribution in [0.15, 0.2) is 54.6 Å². The van der Waals surface area contributed by atoms with E-state index in [4.69, 9.17) is 5.73 Å². The van der Waals surface area contributed by atoms with Gasteiger partial charge in [-0.05, 0) is 11.1 Å². The van der Waals surface area contributed by atoms with Crippen molar-refractivity contribution in [2.24, 2.45) is 5.73 Å². The maximum atomic E-state index is 12.3. The molecule has 0 unspecified atom stereocenters. The summed E-state index contributed by atoms with van der Waals surface area (Å²) in [5.74, 6) is -0.156. The van der Waals surface area contributed by atoms with Crippen LogP contribution in [0.25, 0.3) is 22.4 Å². The van der Waals surface area contributed by atoms with E-state index in [-0.39, 0.29) is 12.5 Å². The molecule has 7 heteroatoms. The van der Waals surface area contributed by atoms with E-state index in [0.29, 0.717) is 19.5 Å². The van der Waals surface area contributed by atoms with E-state index in [1.807, 2.05) is 30.3 Å². The third kappa shape index (κ3) is 3.59. The van der Waals surface area contributed by atoms with Crippen LogP contribution in [0.5, 0.6) is 0 Å². The normalized spacial score (nSPS) is 13.1. The van der Waals surface area contributed by atoms with E-state index < -0.39 is 6.03 Å². The molecule has 2 aromatic carbocycles. The summed E-state index contributed by atoms with van der Waals surface area (Å²) >= 11 is 0. The molecule has 1 aromatic heterocycles. The Labute approximate surface area is 162 Å². The van der Waals surface area contributed by atoms with Crippen molar-refractivity contribution in [3.63, 3.8) is 0 Å². The van der Waals surface area contributed by atoms with Crippen LogP contribution in [-0.2, 0) is 17.8 Å². The molecule has 0 saturated carbocycles. The lowest BCUT2D eigenvalue weighted by atomic mass is 9.98. The Kier molecular flexibility index (Phi) is 4.80. The van der Waals surface area contributed by atoms with Crippen molar-refractivity contribution >= 4 is 11.9 Å². The number of H-pyrrole nitrogens is 1. The van der Waals surface area contributed by atoms with E-state index in [1.54, 1.807) is 4.90 Å². The monoisotopic (exact) mass is 375 g/mol. The number of fused-ring (bicyclic) bond motifs is 1. The van der Waals surface area contributed by atoms with Crippen LogP contribution in [-0.4, -0.2) is 40.1 Å². The zero-order valence-corrected chi connectivity index (χ0v) is 15.3. The lowest BCUT2D eigenvalue weighted by molar-refractivity contribution is -0.130. The lowest BCUT2D eigenvalue weighted by Gasteiger charge is -2.27. The second kappa shape index (κ2) is 7.56. The average Bonchev–Trinajstić information content (AvgIpc) is 3.16. The number of rotatable bonds is 4. The number of urea groups is 1. The van der Waals surface area contributed by atoms with Crippen LogP contribution in [0.2, 0.25) is 0 Å². The highest BCUT2D eigenvalue weighted by molar-refractivity contribution is 5.83. The number of hydrogen-bond acceptors (Lipinski definition) is 3. The largest absolute Gasteiger partial charge is 0.352 e. The van der Waals surface area contributed by atoms with Gasteiger partial charge >= 0.3 is 6.03 Å². The highest BCUT2D eigenvalue weighted by atomic mass is 16.2. The van der Waals surface area contributed by atoms with E-state index in [1.165, 1.54) is 0 Å². The molecule has 0 spiro atoms. The van der Waals surface area contributed by atoms with Gasteiger partial charge in [0.15, 0.2) is 0 Å². The van der Waals surface area contributed by atoms with E-state index in [0.717, 1.165) is 33.6 Å². The molecule has 0 fully saturated rings. The van der Waals surface area contributed by atoms with Crippen molar-refractivity contribution < 1.29 is 9.59 Å². The van der Waals surface area contributed by atoms with Gasteiger partial charge in [-0.15, -0.1) is 0 Å². The first-order chi connectivity index (χ1) is 13.6. The maximum absolute atomic E-state index is 12.3. The van der Waals surface area contributed by atoms with Crippen LogP contribution >= 0.6 is 0 Å². The molecular formula is C21H21N5O2. The van der Waals surface area contributed by atoms with Crippen LogP contribution < -0.4 is 11.1 Å². The van der Waals surface area contributed by atoms with Gasteiger partial charge in [0.05, 0.1) is 12.2 Å². The minimum Gasteiger partial charge on any atom is -0.352 e. The molecule has 3 amide bonds. The number of amides is 3. The van der Waals surface area contributed by atoms with Gasteiger partial charge in [-0.1, -0.05) is 54.6 Å². The van der Waals surface area contributed by atoms with Crippen LogP contribution in [0.4, 0.5) is 4.79 Å². The summed E-state index contributed by atoms with van der Waals surface area (Å²) < 4.78 is 0. The van der Waals surface area contributed by atoms with Crippen LogP contribution in [0, 0.1) is 0 Å². The molecule has 1 aliphatic rings. The van der Waals surface area contributed by atoms with Crippen LogP contribution in [0.1, 0.15) is 11.3 Å². The average molecular weight is 375 g/mol. The summed E-state index contributed by atoms with van der Waals surface area (Å²) in [7, 11) is 0. The quantitative estimate of drug-likeness (QED) is 0.652. The van der Waals surface area contributed by atoms with Crippen molar-refractivity contribution in [1.29, 1.82) is 0 Å². The third-order valence-electron chi connectivity index (χ3n) is 4.97. The minimum absolute atomic E-state index is 0.0936. The maximum Gasteiger partial charge on any atom is 0.312 e. The smallest absolute Gasteiger partial charge is 0.312 e. The summed E-state index contributed by atoms with van der Waals surface area (Å²) in [6.45, 7) is 0.950. The SMILES string of the molecule is NC(=O)NCC(=O)N1CCc2[nH]nc(-c3ccc(-c4ccccc4)cc3)c2C1. The van der Waals surface area contributed by atoms with Gasteiger partial charge in [-0.3, -0.25) is 9.89 Å². The fraction of sp³-hybridized carbons (Fsp3) is 0.190. The number of benzene rings is 2. The number of carbonyl (C=O) groups is 2. The van der Waals surface area contributed by atoms with E-state index in [2.05, 4.69) is 39.8 Å². The molecule has 0 bridgehead atoms. The molecule has 3 aromatic rings. The summed E-state index contributed by atoms with van der Waals surface area (Å²) in [6.07, 6.45) is 0.701. The highest BCUT2D eigenvalue weighted by Crippen LogP contribution is 2.30. The number of hydrogen-bond donors (Lipinski definition) is 3. The summed E-state index contributed by atoms with van der Waals surface area (Å²) in [5.41, 5.74) is 11.3. The van der Waals surface area contributed by atoms with Crippen molar-refractivity contribution in [3.05, 3.63) is 65.9 Å². The molecule has 0 radical (unpaired) electrons. The molecule has 7 nitrogen and oxygen atoms in total. The highest BCUT2D eigenvalue weighted by Gasteiger charge is 2.25. The summed E-state index contributed by atoms with van der Waals surface area (Å²) in [5, 5.41) is 9.94. The first-order valence-corrected chi connectivity index (χ1v) is 9.15. The number of primary amides is 1. The summed E-state index contributed by atoms with van der Waals surface area (Å²) in [4.78, 5) is 24.9. The Morgan fingerprint density at radius 3 is 2.43 bits per heavy atom. The first-order valence-electron chi connectivity index (χ1n) is 9.15. The molecule has 2 heterocycles. The molecule has 1 aliphatic heterocycles. The number of nitrogens with zero attached hydrogens (tertiary/aromatic N) is 2. The molecule has 28 heavy (non-hydrogen) atoms. The Morgan fingerprint density at radius 1 is 1.04 bits per heavy atom. The molecule has 0 saturated heterocycles. The zero-order chi connectivity index (χ0) is 19.5. The van der Waals surface area contributed by atoms with Gasteiger partial charge in [-0.25, -0.2) is 4.79 Å². The fourth-order valence-corrected chi connectivity index (χ4v) is 3.47. The van der Waals surface area contributed by atoms with Crippen molar-refractivity contribution in [1.82, 2.24) is 20.4 Å². The topological polar surface area (TPSA) is 104 Å². The fourth-order valence-electron chi connectivity index (χ4n) is 3.47. The molecule has 0 aliphatic carbocycles. The van der Waals surface area contributed by atoms with Gasteiger partial charge in [0.25, 0.3) is 0 Å². The Bertz CT molecular complexity index is 995. The Morgan fingerprint density at radius 2 is 1.71 bits per heavy atom. The molecule has 142 valence electrons. The number of nitrogens with two attached hydrogens (primary N) is 1. The standard InChI is InChI=1S/C21H21N5O2/c22-21(28)23-12-19(27)26-11-10-18-17(13-26)20(25-24-18)16-8-6-15(7-9-16)14-4-2-1-3-5-14/h1-9H,10-13H2,(H,24,25)(H3,22,23,28). The minimum atomic E-state index is -0.700. The predicted octanol–water partition coefficient (Wildman–Crippen LogP) is 2.30. The Balaban J connectivity index is 1.54. The van der Waals surface area contributed by atoms with E-state index >= 15 is 0 Å².